The van der Waals surface area contributed by atoms with E-state index in [0.717, 1.165) is 10.1 Å². The van der Waals surface area contributed by atoms with E-state index in [0.29, 0.717) is 24.0 Å². The number of nitrogens with zero attached hydrogens (tertiary/aromatic N) is 2. The SMILES string of the molecule is Cn1c(=O)c2cc(S(=O)(=O)N[C@H](C(=O)NCCc3ccccc3)c3ccccc3)ccc2n(C)c1=O. The van der Waals surface area contributed by atoms with Crippen LogP contribution in [-0.2, 0) is 35.3 Å². The van der Waals surface area contributed by atoms with Crippen molar-refractivity contribution < 1.29 is 13.2 Å². The first kappa shape index (κ1) is 25.1. The van der Waals surface area contributed by atoms with Gasteiger partial charge in [-0.2, -0.15) is 4.72 Å². The van der Waals surface area contributed by atoms with Crippen LogP contribution in [0.5, 0.6) is 0 Å². The third-order valence-corrected chi connectivity index (χ3v) is 7.39. The van der Waals surface area contributed by atoms with Crippen LogP contribution >= 0.6 is 0 Å². The van der Waals surface area contributed by atoms with E-state index in [1.807, 2.05) is 30.3 Å². The third kappa shape index (κ3) is 5.14. The molecule has 3 aromatic carbocycles. The maximum absolute atomic E-state index is 13.3. The number of fused-ring (bicyclic) bond motifs is 1. The zero-order valence-corrected chi connectivity index (χ0v) is 20.7. The van der Waals surface area contributed by atoms with Gasteiger partial charge in [-0.25, -0.2) is 13.2 Å². The number of aryl methyl sites for hydroxylation is 1. The van der Waals surface area contributed by atoms with Gasteiger partial charge in [0.1, 0.15) is 6.04 Å². The topological polar surface area (TPSA) is 119 Å². The van der Waals surface area contributed by atoms with Crippen molar-refractivity contribution in [1.29, 1.82) is 0 Å². The number of hydrogen-bond acceptors (Lipinski definition) is 5. The van der Waals surface area contributed by atoms with Crippen molar-refractivity contribution >= 4 is 26.8 Å². The van der Waals surface area contributed by atoms with Crippen molar-refractivity contribution in [3.63, 3.8) is 0 Å². The minimum absolute atomic E-state index is 0.0750. The number of nitrogens with one attached hydrogen (secondary N) is 2. The molecule has 0 saturated heterocycles. The van der Waals surface area contributed by atoms with E-state index in [1.165, 1.54) is 36.9 Å². The first-order valence-electron chi connectivity index (χ1n) is 11.3. The molecule has 1 amide bonds. The predicted octanol–water partition coefficient (Wildman–Crippen LogP) is 1.62. The number of rotatable bonds is 8. The van der Waals surface area contributed by atoms with Gasteiger partial charge in [0.2, 0.25) is 15.9 Å². The molecule has 0 unspecified atom stereocenters. The van der Waals surface area contributed by atoms with Crippen LogP contribution in [0.3, 0.4) is 0 Å². The highest BCUT2D eigenvalue weighted by molar-refractivity contribution is 7.89. The molecule has 0 aliphatic carbocycles. The van der Waals surface area contributed by atoms with E-state index in [9.17, 15) is 22.8 Å². The van der Waals surface area contributed by atoms with Crippen molar-refractivity contribution in [2.24, 2.45) is 14.1 Å². The Morgan fingerprint density at radius 1 is 0.889 bits per heavy atom. The van der Waals surface area contributed by atoms with Gasteiger partial charge >= 0.3 is 5.69 Å². The Hall–Kier alpha value is -4.02. The first-order valence-corrected chi connectivity index (χ1v) is 12.8. The Morgan fingerprint density at radius 3 is 2.19 bits per heavy atom. The molecule has 0 spiro atoms. The monoisotopic (exact) mass is 506 g/mol. The highest BCUT2D eigenvalue weighted by Gasteiger charge is 2.27. The molecule has 4 rings (SSSR count). The van der Waals surface area contributed by atoms with Crippen molar-refractivity contribution in [2.75, 3.05) is 6.54 Å². The second-order valence-corrected chi connectivity index (χ2v) is 10.1. The van der Waals surface area contributed by atoms with Gasteiger partial charge in [0.25, 0.3) is 5.56 Å². The summed E-state index contributed by atoms with van der Waals surface area (Å²) in [4.78, 5) is 37.7. The van der Waals surface area contributed by atoms with Crippen molar-refractivity contribution in [3.8, 4) is 0 Å². The predicted molar refractivity (Wildman–Crippen MR) is 137 cm³/mol. The zero-order chi connectivity index (χ0) is 25.9. The molecule has 36 heavy (non-hydrogen) atoms. The number of carbonyl (C=O) groups is 1. The molecule has 9 nitrogen and oxygen atoms in total. The largest absolute Gasteiger partial charge is 0.354 e. The molecule has 0 radical (unpaired) electrons. The van der Waals surface area contributed by atoms with Gasteiger partial charge in [0.15, 0.2) is 0 Å². The summed E-state index contributed by atoms with van der Waals surface area (Å²) in [7, 11) is -1.39. The highest BCUT2D eigenvalue weighted by atomic mass is 32.2. The fourth-order valence-electron chi connectivity index (χ4n) is 3.96. The molecule has 0 bridgehead atoms. The lowest BCUT2D eigenvalue weighted by molar-refractivity contribution is -0.122. The number of sulfonamides is 1. The Balaban J connectivity index is 1.63. The van der Waals surface area contributed by atoms with Crippen LogP contribution in [0, 0.1) is 0 Å². The van der Waals surface area contributed by atoms with Gasteiger partial charge in [-0.15, -0.1) is 0 Å². The maximum Gasteiger partial charge on any atom is 0.330 e. The summed E-state index contributed by atoms with van der Waals surface area (Å²) in [6.07, 6.45) is 0.591. The minimum Gasteiger partial charge on any atom is -0.354 e. The molecule has 1 heterocycles. The molecular formula is C26H26N4O5S. The number of hydrogen-bond donors (Lipinski definition) is 2. The minimum atomic E-state index is -4.22. The Labute approximate surface area is 208 Å². The van der Waals surface area contributed by atoms with E-state index in [-0.39, 0.29) is 10.3 Å². The number of benzene rings is 3. The summed E-state index contributed by atoms with van der Waals surface area (Å²) >= 11 is 0. The van der Waals surface area contributed by atoms with Gasteiger partial charge in [0.05, 0.1) is 15.8 Å². The van der Waals surface area contributed by atoms with Crippen LogP contribution in [0.4, 0.5) is 0 Å². The summed E-state index contributed by atoms with van der Waals surface area (Å²) in [6.45, 7) is 0.327. The van der Waals surface area contributed by atoms with Gasteiger partial charge in [-0.3, -0.25) is 18.7 Å². The fraction of sp³-hybridized carbons (Fsp3) is 0.192. The number of amides is 1. The second kappa shape index (κ2) is 10.3. The van der Waals surface area contributed by atoms with Crippen LogP contribution in [0.1, 0.15) is 17.2 Å². The number of aromatic nitrogens is 2. The summed E-state index contributed by atoms with van der Waals surface area (Å²) in [5.74, 6) is -0.500. The Kier molecular flexibility index (Phi) is 7.18. The summed E-state index contributed by atoms with van der Waals surface area (Å²) in [5.41, 5.74) is 0.695. The van der Waals surface area contributed by atoms with E-state index in [4.69, 9.17) is 0 Å². The van der Waals surface area contributed by atoms with E-state index in [1.54, 1.807) is 30.3 Å². The molecule has 10 heteroatoms. The van der Waals surface area contributed by atoms with Crippen LogP contribution < -0.4 is 21.3 Å². The molecule has 4 aromatic rings. The molecule has 0 aliphatic rings. The smallest absolute Gasteiger partial charge is 0.330 e. The van der Waals surface area contributed by atoms with Gasteiger partial charge < -0.3 is 5.32 Å². The standard InChI is InChI=1S/C26H26N4O5S/c1-29-22-14-13-20(17-21(22)25(32)30(2)26(29)33)36(34,35)28-23(19-11-7-4-8-12-19)24(31)27-16-15-18-9-5-3-6-10-18/h3-14,17,23,28H,15-16H2,1-2H3,(H,27,31)/t23-/m0/s1. The second-order valence-electron chi connectivity index (χ2n) is 8.38. The Morgan fingerprint density at radius 2 is 1.53 bits per heavy atom. The third-order valence-electron chi connectivity index (χ3n) is 5.97. The lowest BCUT2D eigenvalue weighted by Crippen LogP contribution is -2.41. The van der Waals surface area contributed by atoms with Crippen molar-refractivity contribution in [1.82, 2.24) is 19.2 Å². The van der Waals surface area contributed by atoms with Gasteiger partial charge in [0, 0.05) is 20.6 Å². The normalized spacial score (nSPS) is 12.4. The molecule has 1 aromatic heterocycles. The van der Waals surface area contributed by atoms with Crippen LogP contribution in [0.25, 0.3) is 10.9 Å². The average Bonchev–Trinajstić information content (AvgIpc) is 2.90. The van der Waals surface area contributed by atoms with Crippen LogP contribution in [0.15, 0.2) is 93.3 Å². The molecule has 186 valence electrons. The lowest BCUT2D eigenvalue weighted by atomic mass is 10.1. The van der Waals surface area contributed by atoms with Crippen molar-refractivity contribution in [3.05, 3.63) is 111 Å². The van der Waals surface area contributed by atoms with Crippen LogP contribution in [-0.4, -0.2) is 30.0 Å². The van der Waals surface area contributed by atoms with E-state index in [2.05, 4.69) is 10.0 Å². The molecular weight excluding hydrogens is 480 g/mol. The quantitative estimate of drug-likeness (QED) is 0.376. The van der Waals surface area contributed by atoms with Gasteiger partial charge in [-0.05, 0) is 35.7 Å². The zero-order valence-electron chi connectivity index (χ0n) is 19.8. The summed E-state index contributed by atoms with van der Waals surface area (Å²) < 4.78 is 31.3. The van der Waals surface area contributed by atoms with Crippen molar-refractivity contribution in [2.45, 2.75) is 17.4 Å². The van der Waals surface area contributed by atoms with Gasteiger partial charge in [-0.1, -0.05) is 60.7 Å². The molecule has 1 atom stereocenters. The number of carbonyl (C=O) groups excluding carboxylic acids is 1. The maximum atomic E-state index is 13.3. The van der Waals surface area contributed by atoms with Crippen LogP contribution in [0.2, 0.25) is 0 Å². The van der Waals surface area contributed by atoms with E-state index < -0.39 is 33.2 Å². The summed E-state index contributed by atoms with van der Waals surface area (Å²) in [6, 6.07) is 20.9. The lowest BCUT2D eigenvalue weighted by Gasteiger charge is -2.19. The average molecular weight is 507 g/mol. The molecule has 2 N–H and O–H groups in total. The molecule has 0 aliphatic heterocycles. The molecule has 0 saturated carbocycles. The first-order chi connectivity index (χ1) is 17.2. The molecule has 0 fully saturated rings. The fourth-order valence-corrected chi connectivity index (χ4v) is 5.17. The summed E-state index contributed by atoms with van der Waals surface area (Å²) in [5, 5.41) is 2.88. The Bertz CT molecular complexity index is 1630. The van der Waals surface area contributed by atoms with E-state index >= 15 is 0 Å². The highest BCUT2D eigenvalue weighted by Crippen LogP contribution is 2.20.